The summed E-state index contributed by atoms with van der Waals surface area (Å²) in [5.41, 5.74) is 6.02. The van der Waals surface area contributed by atoms with Crippen molar-refractivity contribution >= 4 is 34.6 Å². The van der Waals surface area contributed by atoms with Crippen molar-refractivity contribution < 1.29 is 28.3 Å². The maximum Gasteiger partial charge on any atom is 0.254 e. The standard InChI is InChI=1S/C23H19N3O6/c1-31-15-4-2-13-10-26(21(29)16(13)8-15)11-23(9-19(27)25-22(23)30)18-7-14-6-12(20(24)28)3-5-17(14)32-18/h2-8H,9-11H2,1H3,(H2,24,28)(H,25,27,30)/t23-/m1/s1. The van der Waals surface area contributed by atoms with E-state index in [0.29, 0.717) is 34.4 Å². The number of nitrogens with zero attached hydrogens (tertiary/aromatic N) is 1. The molecule has 3 heterocycles. The van der Waals surface area contributed by atoms with E-state index in [1.165, 1.54) is 18.1 Å². The van der Waals surface area contributed by atoms with Gasteiger partial charge in [0, 0.05) is 29.6 Å². The molecule has 2 aliphatic rings. The first-order valence-electron chi connectivity index (χ1n) is 9.95. The van der Waals surface area contributed by atoms with Gasteiger partial charge < -0.3 is 19.8 Å². The van der Waals surface area contributed by atoms with Crippen LogP contribution in [0, 0.1) is 0 Å². The Morgan fingerprint density at radius 1 is 1.19 bits per heavy atom. The van der Waals surface area contributed by atoms with Crippen molar-refractivity contribution in [2.24, 2.45) is 5.73 Å². The third-order valence-corrected chi connectivity index (χ3v) is 6.08. The van der Waals surface area contributed by atoms with Crippen molar-refractivity contribution in [2.75, 3.05) is 13.7 Å². The van der Waals surface area contributed by atoms with Gasteiger partial charge in [-0.2, -0.15) is 0 Å². The van der Waals surface area contributed by atoms with Crippen LogP contribution in [0.4, 0.5) is 0 Å². The van der Waals surface area contributed by atoms with E-state index >= 15 is 0 Å². The smallest absolute Gasteiger partial charge is 0.254 e. The lowest BCUT2D eigenvalue weighted by molar-refractivity contribution is -0.127. The van der Waals surface area contributed by atoms with E-state index in [2.05, 4.69) is 5.32 Å². The number of primary amides is 1. The first kappa shape index (κ1) is 19.8. The molecule has 2 aromatic carbocycles. The number of amides is 4. The Labute approximate surface area is 182 Å². The molecule has 9 nitrogen and oxygen atoms in total. The lowest BCUT2D eigenvalue weighted by atomic mass is 9.82. The van der Waals surface area contributed by atoms with Gasteiger partial charge in [0.05, 0.1) is 13.5 Å². The first-order valence-corrected chi connectivity index (χ1v) is 9.95. The van der Waals surface area contributed by atoms with Crippen LogP contribution in [0.3, 0.4) is 0 Å². The number of hydrogen-bond donors (Lipinski definition) is 2. The molecule has 9 heteroatoms. The van der Waals surface area contributed by atoms with Crippen LogP contribution < -0.4 is 15.8 Å². The first-order chi connectivity index (χ1) is 15.3. The molecule has 0 saturated carbocycles. The maximum atomic E-state index is 13.1. The summed E-state index contributed by atoms with van der Waals surface area (Å²) in [5, 5.41) is 2.91. The number of benzene rings is 2. The Balaban J connectivity index is 1.55. The van der Waals surface area contributed by atoms with Crippen LogP contribution in [-0.2, 0) is 21.5 Å². The fraction of sp³-hybridized carbons (Fsp3) is 0.217. The molecule has 4 amide bonds. The lowest BCUT2D eigenvalue weighted by Gasteiger charge is -2.28. The van der Waals surface area contributed by atoms with Gasteiger partial charge in [0.15, 0.2) is 0 Å². The number of ether oxygens (including phenoxy) is 1. The molecule has 32 heavy (non-hydrogen) atoms. The molecular formula is C23H19N3O6. The molecule has 0 unspecified atom stereocenters. The van der Waals surface area contributed by atoms with Gasteiger partial charge in [0.2, 0.25) is 17.7 Å². The second-order valence-electron chi connectivity index (χ2n) is 8.05. The number of rotatable bonds is 5. The highest BCUT2D eigenvalue weighted by Crippen LogP contribution is 2.39. The van der Waals surface area contributed by atoms with Gasteiger partial charge in [-0.3, -0.25) is 24.5 Å². The maximum absolute atomic E-state index is 13.1. The number of nitrogens with two attached hydrogens (primary N) is 1. The van der Waals surface area contributed by atoms with Crippen LogP contribution in [0.15, 0.2) is 46.9 Å². The second-order valence-corrected chi connectivity index (χ2v) is 8.05. The number of furan rings is 1. The predicted octanol–water partition coefficient (Wildman–Crippen LogP) is 1.48. The lowest BCUT2D eigenvalue weighted by Crippen LogP contribution is -2.46. The number of nitrogens with one attached hydrogen (secondary N) is 1. The van der Waals surface area contributed by atoms with Gasteiger partial charge in [-0.15, -0.1) is 0 Å². The Hall–Kier alpha value is -4.14. The van der Waals surface area contributed by atoms with Crippen LogP contribution in [0.1, 0.15) is 38.5 Å². The molecule has 0 aliphatic carbocycles. The summed E-state index contributed by atoms with van der Waals surface area (Å²) in [6.45, 7) is 0.260. The Morgan fingerprint density at radius 2 is 2.00 bits per heavy atom. The van der Waals surface area contributed by atoms with Gasteiger partial charge in [-0.25, -0.2) is 0 Å². The van der Waals surface area contributed by atoms with Crippen LogP contribution in [0.2, 0.25) is 0 Å². The third-order valence-electron chi connectivity index (χ3n) is 6.08. The summed E-state index contributed by atoms with van der Waals surface area (Å²) in [6, 6.07) is 11.5. The SMILES string of the molecule is COc1ccc2c(c1)C(=O)N(C[C@@]1(c3cc4cc(C(N)=O)ccc4o3)CC(=O)NC1=O)C2. The van der Waals surface area contributed by atoms with E-state index in [1.807, 2.05) is 6.07 Å². The summed E-state index contributed by atoms with van der Waals surface area (Å²) < 4.78 is 11.2. The highest BCUT2D eigenvalue weighted by atomic mass is 16.5. The monoisotopic (exact) mass is 433 g/mol. The van der Waals surface area contributed by atoms with Crippen LogP contribution >= 0.6 is 0 Å². The molecule has 0 bridgehead atoms. The van der Waals surface area contributed by atoms with Gasteiger partial charge in [0.1, 0.15) is 22.5 Å². The molecule has 0 spiro atoms. The summed E-state index contributed by atoms with van der Waals surface area (Å²) in [6.07, 6.45) is -0.155. The van der Waals surface area contributed by atoms with E-state index in [4.69, 9.17) is 14.9 Å². The fourth-order valence-corrected chi connectivity index (χ4v) is 4.40. The zero-order chi connectivity index (χ0) is 22.6. The molecule has 1 saturated heterocycles. The summed E-state index contributed by atoms with van der Waals surface area (Å²) in [4.78, 5) is 51.3. The molecule has 1 atom stereocenters. The van der Waals surface area contributed by atoms with E-state index in [9.17, 15) is 19.2 Å². The zero-order valence-electron chi connectivity index (χ0n) is 17.1. The normalized spacial score (nSPS) is 20.0. The van der Waals surface area contributed by atoms with E-state index in [-0.39, 0.29) is 24.6 Å². The van der Waals surface area contributed by atoms with E-state index in [0.717, 1.165) is 5.56 Å². The van der Waals surface area contributed by atoms with Gasteiger partial charge >= 0.3 is 0 Å². The van der Waals surface area contributed by atoms with E-state index in [1.54, 1.807) is 30.3 Å². The third kappa shape index (κ3) is 2.93. The van der Waals surface area contributed by atoms with Crippen molar-refractivity contribution in [1.29, 1.82) is 0 Å². The van der Waals surface area contributed by atoms with Crippen LogP contribution in [0.5, 0.6) is 5.75 Å². The fourth-order valence-electron chi connectivity index (χ4n) is 4.40. The molecule has 5 rings (SSSR count). The van der Waals surface area contributed by atoms with E-state index < -0.39 is 23.1 Å². The van der Waals surface area contributed by atoms with Gasteiger partial charge in [-0.1, -0.05) is 6.07 Å². The van der Waals surface area contributed by atoms with Gasteiger partial charge in [0.25, 0.3) is 5.91 Å². The van der Waals surface area contributed by atoms with Crippen molar-refractivity contribution in [3.8, 4) is 5.75 Å². The molecule has 1 fully saturated rings. The molecule has 0 radical (unpaired) electrons. The summed E-state index contributed by atoms with van der Waals surface area (Å²) in [5.74, 6) is -1.01. The number of hydrogen-bond acceptors (Lipinski definition) is 6. The minimum Gasteiger partial charge on any atom is -0.497 e. The van der Waals surface area contributed by atoms with Gasteiger partial charge in [-0.05, 0) is 42.0 Å². The summed E-state index contributed by atoms with van der Waals surface area (Å²) in [7, 11) is 1.52. The van der Waals surface area contributed by atoms with Crippen LogP contribution in [-0.4, -0.2) is 42.2 Å². The number of imide groups is 1. The van der Waals surface area contributed by atoms with Crippen molar-refractivity contribution in [1.82, 2.24) is 10.2 Å². The quantitative estimate of drug-likeness (QED) is 0.586. The Morgan fingerprint density at radius 3 is 2.69 bits per heavy atom. The van der Waals surface area contributed by atoms with Crippen molar-refractivity contribution in [2.45, 2.75) is 18.4 Å². The highest BCUT2D eigenvalue weighted by Gasteiger charge is 2.53. The number of methoxy groups -OCH3 is 1. The Bertz CT molecular complexity index is 1330. The van der Waals surface area contributed by atoms with Crippen molar-refractivity contribution in [3.05, 3.63) is 64.9 Å². The summed E-state index contributed by atoms with van der Waals surface area (Å²) >= 11 is 0. The minimum absolute atomic E-state index is 0.0388. The average Bonchev–Trinajstić information content (AvgIpc) is 3.41. The molecular weight excluding hydrogens is 414 g/mol. The zero-order valence-corrected chi connectivity index (χ0v) is 17.1. The largest absolute Gasteiger partial charge is 0.497 e. The van der Waals surface area contributed by atoms with Crippen molar-refractivity contribution in [3.63, 3.8) is 0 Å². The number of carbonyl (C=O) groups excluding carboxylic acids is 4. The molecule has 3 aromatic rings. The second kappa shape index (κ2) is 6.94. The highest BCUT2D eigenvalue weighted by molar-refractivity contribution is 6.10. The van der Waals surface area contributed by atoms with Crippen LogP contribution in [0.25, 0.3) is 11.0 Å². The Kier molecular flexibility index (Phi) is 4.30. The number of carbonyl (C=O) groups is 4. The topological polar surface area (TPSA) is 132 Å². The minimum atomic E-state index is -1.38. The molecule has 1 aromatic heterocycles. The number of fused-ring (bicyclic) bond motifs is 2. The molecule has 3 N–H and O–H groups in total. The predicted molar refractivity (Wildman–Crippen MR) is 112 cm³/mol. The molecule has 162 valence electrons. The average molecular weight is 433 g/mol. The molecule has 2 aliphatic heterocycles.